The third-order valence-corrected chi connectivity index (χ3v) is 5.07. The lowest BCUT2D eigenvalue weighted by Gasteiger charge is -2.17. The third-order valence-electron chi connectivity index (χ3n) is 3.77. The molecule has 0 radical (unpaired) electrons. The largest absolute Gasteiger partial charge is 0.351 e. The van der Waals surface area contributed by atoms with Crippen LogP contribution in [0.4, 0.5) is 4.79 Å². The number of nitrogens with zero attached hydrogens (tertiary/aromatic N) is 1. The van der Waals surface area contributed by atoms with Crippen LogP contribution in [0.3, 0.4) is 0 Å². The molecule has 0 heterocycles. The Kier molecular flexibility index (Phi) is 4.43. The first-order chi connectivity index (χ1) is 12.3. The number of nitrogens with one attached hydrogen (secondary N) is 1. The van der Waals surface area contributed by atoms with Gasteiger partial charge in [0, 0.05) is 11.1 Å². The molecule has 2 aromatic carbocycles. The van der Waals surface area contributed by atoms with Gasteiger partial charge in [0.15, 0.2) is 0 Å². The number of sulfonamides is 1. The van der Waals surface area contributed by atoms with Gasteiger partial charge in [0.1, 0.15) is 0 Å². The van der Waals surface area contributed by atoms with Crippen molar-refractivity contribution in [3.63, 3.8) is 0 Å². The van der Waals surface area contributed by atoms with Gasteiger partial charge in [0.05, 0.1) is 16.3 Å². The van der Waals surface area contributed by atoms with Crippen molar-refractivity contribution in [2.45, 2.75) is 11.8 Å². The molecule has 3 rings (SSSR count). The van der Waals surface area contributed by atoms with E-state index in [0.29, 0.717) is 5.56 Å². The van der Waals surface area contributed by atoms with Gasteiger partial charge in [-0.1, -0.05) is 42.0 Å². The Morgan fingerprint density at radius 3 is 2.27 bits per heavy atom. The maximum atomic E-state index is 12.6. The van der Waals surface area contributed by atoms with Gasteiger partial charge in [-0.15, -0.1) is 0 Å². The third kappa shape index (κ3) is 3.40. The van der Waals surface area contributed by atoms with E-state index in [1.165, 1.54) is 24.3 Å². The molecule has 1 aliphatic carbocycles. The highest BCUT2D eigenvalue weighted by Crippen LogP contribution is 2.23. The lowest BCUT2D eigenvalue weighted by Crippen LogP contribution is -2.35. The van der Waals surface area contributed by atoms with E-state index in [1.54, 1.807) is 30.3 Å². The minimum absolute atomic E-state index is 0.0304. The highest BCUT2D eigenvalue weighted by molar-refractivity contribution is 7.90. The number of urea groups is 1. The Morgan fingerprint density at radius 1 is 1.04 bits per heavy atom. The van der Waals surface area contributed by atoms with Gasteiger partial charge < -0.3 is 11.1 Å². The van der Waals surface area contributed by atoms with Gasteiger partial charge in [-0.05, 0) is 25.1 Å². The molecule has 0 unspecified atom stereocenters. The number of nitrogens with two attached hydrogens (primary N) is 1. The summed E-state index contributed by atoms with van der Waals surface area (Å²) in [4.78, 5) is 23.6. The van der Waals surface area contributed by atoms with Crippen molar-refractivity contribution in [3.05, 3.63) is 77.0 Å². The average molecular weight is 369 g/mol. The summed E-state index contributed by atoms with van der Waals surface area (Å²) in [5, 5.41) is 2.21. The van der Waals surface area contributed by atoms with Crippen LogP contribution in [0.25, 0.3) is 0 Å². The van der Waals surface area contributed by atoms with Crippen molar-refractivity contribution in [2.24, 2.45) is 10.1 Å². The van der Waals surface area contributed by atoms with Crippen molar-refractivity contribution in [1.82, 2.24) is 5.32 Å². The zero-order chi connectivity index (χ0) is 18.9. The summed E-state index contributed by atoms with van der Waals surface area (Å²) < 4.78 is 29.1. The molecule has 1 aliphatic rings. The quantitative estimate of drug-likeness (QED) is 0.859. The number of allylic oxidation sites excluding steroid dienone is 2. The van der Waals surface area contributed by atoms with E-state index in [2.05, 4.69) is 9.71 Å². The second kappa shape index (κ2) is 6.57. The van der Waals surface area contributed by atoms with Crippen molar-refractivity contribution < 1.29 is 18.0 Å². The number of hydrogen-bond donors (Lipinski definition) is 2. The van der Waals surface area contributed by atoms with Crippen LogP contribution in [0.5, 0.6) is 0 Å². The number of carbonyl (C=O) groups is 2. The summed E-state index contributed by atoms with van der Waals surface area (Å²) in [6.07, 6.45) is 1.21. The summed E-state index contributed by atoms with van der Waals surface area (Å²) >= 11 is 0. The van der Waals surface area contributed by atoms with Gasteiger partial charge in [0.25, 0.3) is 10.0 Å². The highest BCUT2D eigenvalue weighted by atomic mass is 32.2. The summed E-state index contributed by atoms with van der Waals surface area (Å²) in [6, 6.07) is 11.8. The van der Waals surface area contributed by atoms with Crippen LogP contribution in [0, 0.1) is 6.92 Å². The monoisotopic (exact) mass is 369 g/mol. The zero-order valence-corrected chi connectivity index (χ0v) is 14.6. The number of carbonyl (C=O) groups excluding carboxylic acids is 2. The number of Topliss-reactive ketones (excluding diaryl/α,β-unsaturated/α-hetero) is 1. The maximum Gasteiger partial charge on any atom is 0.316 e. The van der Waals surface area contributed by atoms with Gasteiger partial charge >= 0.3 is 6.03 Å². The van der Waals surface area contributed by atoms with Crippen molar-refractivity contribution in [3.8, 4) is 0 Å². The van der Waals surface area contributed by atoms with Gasteiger partial charge in [-0.25, -0.2) is 4.79 Å². The van der Waals surface area contributed by atoms with Crippen molar-refractivity contribution in [2.75, 3.05) is 0 Å². The molecule has 2 amide bonds. The fraction of sp³-hybridized carbons (Fsp3) is 0.0556. The maximum absolute atomic E-state index is 12.6. The Hall–Kier alpha value is -3.26. The molecule has 0 atom stereocenters. The number of aryl methyl sites for hydroxylation is 1. The van der Waals surface area contributed by atoms with E-state index in [0.717, 1.165) is 5.56 Å². The summed E-state index contributed by atoms with van der Waals surface area (Å²) in [6.45, 7) is 1.84. The highest BCUT2D eigenvalue weighted by Gasteiger charge is 2.26. The number of ketones is 1. The molecule has 0 spiro atoms. The Morgan fingerprint density at radius 2 is 1.65 bits per heavy atom. The standard InChI is InChI=1S/C18H15N3O4S/c1-11-6-8-12(9-7-11)26(24,25)21-15-10-16(20-18(19)23)17(22)14-5-3-2-4-13(14)15/h2-10H,1H3,(H3,19,20,23). The Labute approximate surface area is 150 Å². The average Bonchev–Trinajstić information content (AvgIpc) is 2.59. The van der Waals surface area contributed by atoms with Crippen molar-refractivity contribution in [1.29, 1.82) is 0 Å². The minimum Gasteiger partial charge on any atom is -0.351 e. The van der Waals surface area contributed by atoms with E-state index in [1.807, 2.05) is 6.92 Å². The minimum atomic E-state index is -4.00. The number of rotatable bonds is 3. The first-order valence-electron chi connectivity index (χ1n) is 7.62. The first-order valence-corrected chi connectivity index (χ1v) is 9.06. The number of benzene rings is 2. The van der Waals surface area contributed by atoms with E-state index in [-0.39, 0.29) is 21.9 Å². The lowest BCUT2D eigenvalue weighted by molar-refractivity contribution is 0.102. The molecule has 26 heavy (non-hydrogen) atoms. The van der Waals surface area contributed by atoms with Gasteiger partial charge in [0.2, 0.25) is 5.78 Å². The zero-order valence-electron chi connectivity index (χ0n) is 13.8. The van der Waals surface area contributed by atoms with Crippen LogP contribution < -0.4 is 11.1 Å². The molecule has 0 fully saturated rings. The topological polar surface area (TPSA) is 119 Å². The van der Waals surface area contributed by atoms with E-state index in [4.69, 9.17) is 5.73 Å². The van der Waals surface area contributed by atoms with Crippen LogP contribution in [0.2, 0.25) is 0 Å². The molecule has 0 bridgehead atoms. The number of fused-ring (bicyclic) bond motifs is 1. The molecule has 2 aromatic rings. The fourth-order valence-corrected chi connectivity index (χ4v) is 3.52. The fourth-order valence-electron chi connectivity index (χ4n) is 2.52. The van der Waals surface area contributed by atoms with Gasteiger partial charge in [-0.3, -0.25) is 4.79 Å². The molecule has 132 valence electrons. The normalized spacial score (nSPS) is 15.3. The molecule has 0 saturated heterocycles. The Balaban J connectivity index is 2.15. The summed E-state index contributed by atoms with van der Waals surface area (Å²) in [5.41, 5.74) is 6.51. The van der Waals surface area contributed by atoms with Crippen LogP contribution >= 0.6 is 0 Å². The number of primary amides is 1. The van der Waals surface area contributed by atoms with Crippen LogP contribution in [-0.4, -0.2) is 25.9 Å². The number of amides is 2. The molecule has 0 aliphatic heterocycles. The first kappa shape index (κ1) is 17.6. The summed E-state index contributed by atoms with van der Waals surface area (Å²) in [7, 11) is -4.00. The van der Waals surface area contributed by atoms with Crippen molar-refractivity contribution >= 4 is 27.5 Å². The second-order valence-corrected chi connectivity index (χ2v) is 7.29. The van der Waals surface area contributed by atoms with Gasteiger partial charge in [-0.2, -0.15) is 12.8 Å². The predicted molar refractivity (Wildman–Crippen MR) is 96.5 cm³/mol. The van der Waals surface area contributed by atoms with Crippen LogP contribution in [-0.2, 0) is 10.0 Å². The molecule has 7 nitrogen and oxygen atoms in total. The smallest absolute Gasteiger partial charge is 0.316 e. The second-order valence-electron chi connectivity index (χ2n) is 5.69. The van der Waals surface area contributed by atoms with E-state index in [9.17, 15) is 18.0 Å². The predicted octanol–water partition coefficient (Wildman–Crippen LogP) is 1.92. The SMILES string of the molecule is Cc1ccc(S(=O)(=O)N=C2C=C(NC(N)=O)C(=O)c3ccccc32)cc1. The summed E-state index contributed by atoms with van der Waals surface area (Å²) in [5.74, 6) is -0.467. The Bertz CT molecular complexity index is 1070. The van der Waals surface area contributed by atoms with Crippen LogP contribution in [0.15, 0.2) is 69.6 Å². The molecule has 0 saturated carbocycles. The van der Waals surface area contributed by atoms with Crippen LogP contribution in [0.1, 0.15) is 21.5 Å². The lowest BCUT2D eigenvalue weighted by atomic mass is 9.92. The number of hydrogen-bond acceptors (Lipinski definition) is 4. The van der Waals surface area contributed by atoms with E-state index >= 15 is 0 Å². The molecular formula is C18H15N3O4S. The molecule has 0 aromatic heterocycles. The molecular weight excluding hydrogens is 354 g/mol. The molecule has 3 N–H and O–H groups in total. The van der Waals surface area contributed by atoms with E-state index < -0.39 is 21.8 Å². The molecule has 8 heteroatoms.